The Balaban J connectivity index is 1.76. The molecule has 0 aliphatic carbocycles. The second kappa shape index (κ2) is 5.36. The van der Waals surface area contributed by atoms with E-state index in [0.717, 1.165) is 17.3 Å². The Kier molecular flexibility index (Phi) is 3.46. The lowest BCUT2D eigenvalue weighted by Crippen LogP contribution is -2.44. The Hall–Kier alpha value is -1.39. The van der Waals surface area contributed by atoms with Crippen LogP contribution in [-0.4, -0.2) is 34.2 Å². The van der Waals surface area contributed by atoms with Crippen LogP contribution >= 0.6 is 11.6 Å². The average Bonchev–Trinajstić information content (AvgIpc) is 3.02. The summed E-state index contributed by atoms with van der Waals surface area (Å²) in [6, 6.07) is 9.40. The van der Waals surface area contributed by atoms with E-state index in [0.29, 0.717) is 23.8 Å². The van der Waals surface area contributed by atoms with E-state index in [1.165, 1.54) is 18.4 Å². The van der Waals surface area contributed by atoms with Crippen molar-refractivity contribution in [3.8, 4) is 0 Å². The molecule has 116 valence electrons. The monoisotopic (exact) mass is 317 g/mol. The van der Waals surface area contributed by atoms with Crippen molar-refractivity contribution < 1.29 is 4.52 Å². The second-order valence-electron chi connectivity index (χ2n) is 6.56. The maximum atomic E-state index is 6.05. The maximum Gasteiger partial charge on any atom is 0.231 e. The van der Waals surface area contributed by atoms with Crippen molar-refractivity contribution in [2.24, 2.45) is 0 Å². The Morgan fingerprint density at radius 3 is 2.68 bits per heavy atom. The molecule has 0 amide bonds. The van der Waals surface area contributed by atoms with Crippen LogP contribution in [-0.2, 0) is 0 Å². The molecule has 4 nitrogen and oxygen atoms in total. The fourth-order valence-corrected chi connectivity index (χ4v) is 4.43. The summed E-state index contributed by atoms with van der Waals surface area (Å²) in [5, 5.41) is 4.80. The number of rotatable bonds is 2. The lowest BCUT2D eigenvalue weighted by molar-refractivity contribution is 0.120. The molecule has 0 saturated carbocycles. The minimum Gasteiger partial charge on any atom is -0.339 e. The summed E-state index contributed by atoms with van der Waals surface area (Å²) < 4.78 is 5.56. The zero-order valence-corrected chi connectivity index (χ0v) is 13.6. The minimum atomic E-state index is 0.270. The molecule has 2 aromatic rings. The van der Waals surface area contributed by atoms with Gasteiger partial charge in [-0.2, -0.15) is 4.98 Å². The topological polar surface area (TPSA) is 42.2 Å². The van der Waals surface area contributed by atoms with Crippen LogP contribution in [0.15, 0.2) is 28.8 Å². The molecule has 2 aliphatic rings. The van der Waals surface area contributed by atoms with Gasteiger partial charge in [0.1, 0.15) is 0 Å². The number of benzene rings is 1. The Bertz CT molecular complexity index is 669. The molecule has 2 aliphatic heterocycles. The van der Waals surface area contributed by atoms with E-state index in [-0.39, 0.29) is 5.92 Å². The second-order valence-corrected chi connectivity index (χ2v) is 7.00. The van der Waals surface area contributed by atoms with Crippen molar-refractivity contribution in [1.82, 2.24) is 15.0 Å². The number of piperidine rings is 1. The molecule has 5 heteroatoms. The molecule has 4 atom stereocenters. The van der Waals surface area contributed by atoms with Crippen LogP contribution < -0.4 is 0 Å². The van der Waals surface area contributed by atoms with E-state index in [1.54, 1.807) is 0 Å². The van der Waals surface area contributed by atoms with Crippen molar-refractivity contribution in [2.45, 2.75) is 50.1 Å². The molecule has 2 fully saturated rings. The van der Waals surface area contributed by atoms with Gasteiger partial charge in [-0.05, 0) is 56.8 Å². The molecule has 2 saturated heterocycles. The lowest BCUT2D eigenvalue weighted by atomic mass is 9.76. The molecule has 0 spiro atoms. The van der Waals surface area contributed by atoms with E-state index >= 15 is 0 Å². The Morgan fingerprint density at radius 1 is 1.23 bits per heavy atom. The summed E-state index contributed by atoms with van der Waals surface area (Å²) in [5.41, 5.74) is 1.33. The predicted molar refractivity (Wildman–Crippen MR) is 85.2 cm³/mol. The van der Waals surface area contributed by atoms with Crippen LogP contribution in [0.5, 0.6) is 0 Å². The molecule has 1 aromatic heterocycles. The maximum absolute atomic E-state index is 6.05. The number of hydrogen-bond donors (Lipinski definition) is 0. The van der Waals surface area contributed by atoms with Crippen molar-refractivity contribution in [3.05, 3.63) is 46.6 Å². The van der Waals surface area contributed by atoms with Crippen molar-refractivity contribution in [1.29, 1.82) is 0 Å². The lowest BCUT2D eigenvalue weighted by Gasteiger charge is -2.41. The fourth-order valence-electron chi connectivity index (χ4n) is 4.30. The Labute approximate surface area is 135 Å². The number of likely N-dealkylation sites (N-methyl/N-ethyl adjacent to an activating group) is 1. The Morgan fingerprint density at radius 2 is 2.00 bits per heavy atom. The van der Waals surface area contributed by atoms with Gasteiger partial charge in [-0.25, -0.2) is 0 Å². The standard InChI is InChI=1S/C17H20ClN3O/c1-10-19-17(22-20-10)16-14(11-3-5-12(18)6-4-11)9-13-7-8-15(16)21(13)2/h3-6,13-16H,7-9H2,1-2H3/t13-,14-,15?,16?/m1/s1. The van der Waals surface area contributed by atoms with Crippen LogP contribution in [0, 0.1) is 6.92 Å². The molecule has 4 rings (SSSR count). The first-order valence-electron chi connectivity index (χ1n) is 7.91. The van der Waals surface area contributed by atoms with Gasteiger partial charge in [-0.3, -0.25) is 4.90 Å². The molecule has 2 bridgehead atoms. The molecule has 0 radical (unpaired) electrons. The third kappa shape index (κ3) is 2.25. The number of fused-ring (bicyclic) bond motifs is 2. The van der Waals surface area contributed by atoms with Crippen molar-refractivity contribution in [2.75, 3.05) is 7.05 Å². The normalized spacial score (nSPS) is 31.6. The number of halogens is 1. The zero-order chi connectivity index (χ0) is 15.3. The molecule has 0 N–H and O–H groups in total. The summed E-state index contributed by atoms with van der Waals surface area (Å²) in [5.74, 6) is 2.19. The first-order chi connectivity index (χ1) is 10.6. The molecular formula is C17H20ClN3O. The first-order valence-corrected chi connectivity index (χ1v) is 8.29. The highest BCUT2D eigenvalue weighted by atomic mass is 35.5. The van der Waals surface area contributed by atoms with Gasteiger partial charge in [-0.1, -0.05) is 28.9 Å². The van der Waals surface area contributed by atoms with Crippen LogP contribution in [0.4, 0.5) is 0 Å². The van der Waals surface area contributed by atoms with E-state index in [9.17, 15) is 0 Å². The van der Waals surface area contributed by atoms with Crippen molar-refractivity contribution >= 4 is 11.6 Å². The molecule has 1 aromatic carbocycles. The van der Waals surface area contributed by atoms with Gasteiger partial charge < -0.3 is 4.52 Å². The highest BCUT2D eigenvalue weighted by molar-refractivity contribution is 6.30. The van der Waals surface area contributed by atoms with Gasteiger partial charge in [0.25, 0.3) is 0 Å². The van der Waals surface area contributed by atoms with Gasteiger partial charge in [0, 0.05) is 17.1 Å². The smallest absolute Gasteiger partial charge is 0.231 e. The van der Waals surface area contributed by atoms with Gasteiger partial charge in [0.15, 0.2) is 5.82 Å². The van der Waals surface area contributed by atoms with Crippen LogP contribution in [0.25, 0.3) is 0 Å². The number of nitrogens with zero attached hydrogens (tertiary/aromatic N) is 3. The summed E-state index contributed by atoms with van der Waals surface area (Å²) >= 11 is 6.05. The van der Waals surface area contributed by atoms with E-state index < -0.39 is 0 Å². The summed E-state index contributed by atoms with van der Waals surface area (Å²) in [6.07, 6.45) is 3.60. The predicted octanol–water partition coefficient (Wildman–Crippen LogP) is 3.77. The van der Waals surface area contributed by atoms with Crippen LogP contribution in [0.3, 0.4) is 0 Å². The third-order valence-electron chi connectivity index (χ3n) is 5.40. The van der Waals surface area contributed by atoms with Gasteiger partial charge >= 0.3 is 0 Å². The SMILES string of the molecule is Cc1noc(C2C3CC[C@H](C[C@@H]2c2ccc(Cl)cc2)N3C)n1. The van der Waals surface area contributed by atoms with Crippen LogP contribution in [0.1, 0.15) is 48.4 Å². The fraction of sp³-hybridized carbons (Fsp3) is 0.529. The highest BCUT2D eigenvalue weighted by Gasteiger charge is 2.48. The number of hydrogen-bond acceptors (Lipinski definition) is 4. The zero-order valence-electron chi connectivity index (χ0n) is 12.9. The molecule has 3 heterocycles. The van der Waals surface area contributed by atoms with Crippen LogP contribution in [0.2, 0.25) is 5.02 Å². The number of aromatic nitrogens is 2. The summed E-state index contributed by atoms with van der Waals surface area (Å²) in [7, 11) is 2.23. The van der Waals surface area contributed by atoms with Crippen molar-refractivity contribution in [3.63, 3.8) is 0 Å². The van der Waals surface area contributed by atoms with E-state index in [2.05, 4.69) is 34.2 Å². The van der Waals surface area contributed by atoms with Gasteiger partial charge in [0.2, 0.25) is 5.89 Å². The summed E-state index contributed by atoms with van der Waals surface area (Å²) in [6.45, 7) is 1.88. The summed E-state index contributed by atoms with van der Waals surface area (Å²) in [4.78, 5) is 7.06. The number of aryl methyl sites for hydroxylation is 1. The minimum absolute atomic E-state index is 0.270. The first kappa shape index (κ1) is 14.2. The largest absolute Gasteiger partial charge is 0.339 e. The highest BCUT2D eigenvalue weighted by Crippen LogP contribution is 2.50. The molecular weight excluding hydrogens is 298 g/mol. The van der Waals surface area contributed by atoms with E-state index in [4.69, 9.17) is 16.1 Å². The third-order valence-corrected chi connectivity index (χ3v) is 5.65. The van der Waals surface area contributed by atoms with Gasteiger partial charge in [0.05, 0.1) is 5.92 Å². The van der Waals surface area contributed by atoms with E-state index in [1.807, 2.05) is 19.1 Å². The molecule has 22 heavy (non-hydrogen) atoms. The van der Waals surface area contributed by atoms with Gasteiger partial charge in [-0.15, -0.1) is 0 Å². The quantitative estimate of drug-likeness (QED) is 0.845. The average molecular weight is 318 g/mol. The molecule has 2 unspecified atom stereocenters.